The number of hydrogen-bond donors (Lipinski definition) is 2. The van der Waals surface area contributed by atoms with E-state index >= 15 is 0 Å². The average molecular weight is 276 g/mol. The summed E-state index contributed by atoms with van der Waals surface area (Å²) in [6.07, 6.45) is 0. The molecule has 0 unspecified atom stereocenters. The van der Waals surface area contributed by atoms with Crippen molar-refractivity contribution in [2.45, 2.75) is 6.54 Å². The first-order valence-corrected chi connectivity index (χ1v) is 6.09. The van der Waals surface area contributed by atoms with Gasteiger partial charge in [0.05, 0.1) is 6.54 Å². The first-order chi connectivity index (χ1) is 9.54. The number of nitrogens with one attached hydrogen (secondary N) is 1. The van der Waals surface area contributed by atoms with Crippen LogP contribution in [-0.4, -0.2) is 12.5 Å². The Morgan fingerprint density at radius 3 is 2.15 bits per heavy atom. The SMILES string of the molecule is NC(=O)CNCc1ccc(-c2cc(F)cc(F)c2)cc1. The van der Waals surface area contributed by atoms with Gasteiger partial charge in [-0.15, -0.1) is 0 Å². The van der Waals surface area contributed by atoms with E-state index in [-0.39, 0.29) is 6.54 Å². The van der Waals surface area contributed by atoms with Gasteiger partial charge in [0.25, 0.3) is 0 Å². The molecule has 3 nitrogen and oxygen atoms in total. The van der Waals surface area contributed by atoms with Crippen LogP contribution < -0.4 is 11.1 Å². The van der Waals surface area contributed by atoms with Crippen molar-refractivity contribution in [2.75, 3.05) is 6.54 Å². The molecule has 0 aliphatic heterocycles. The van der Waals surface area contributed by atoms with Gasteiger partial charge >= 0.3 is 0 Å². The van der Waals surface area contributed by atoms with E-state index in [9.17, 15) is 13.6 Å². The molecule has 0 fully saturated rings. The van der Waals surface area contributed by atoms with E-state index in [1.165, 1.54) is 12.1 Å². The second-order valence-electron chi connectivity index (χ2n) is 4.42. The van der Waals surface area contributed by atoms with Crippen LogP contribution in [0, 0.1) is 11.6 Å². The largest absolute Gasteiger partial charge is 0.369 e. The number of benzene rings is 2. The van der Waals surface area contributed by atoms with E-state index in [1.54, 1.807) is 12.1 Å². The maximum atomic E-state index is 13.1. The Morgan fingerprint density at radius 1 is 1.00 bits per heavy atom. The zero-order valence-electron chi connectivity index (χ0n) is 10.7. The summed E-state index contributed by atoms with van der Waals surface area (Å²) in [7, 11) is 0. The fourth-order valence-corrected chi connectivity index (χ4v) is 1.87. The lowest BCUT2D eigenvalue weighted by atomic mass is 10.0. The van der Waals surface area contributed by atoms with Crippen LogP contribution in [0.25, 0.3) is 11.1 Å². The summed E-state index contributed by atoms with van der Waals surface area (Å²) in [6.45, 7) is 0.609. The fraction of sp³-hybridized carbons (Fsp3) is 0.133. The third-order valence-corrected chi connectivity index (χ3v) is 2.78. The summed E-state index contributed by atoms with van der Waals surface area (Å²) >= 11 is 0. The van der Waals surface area contributed by atoms with Crippen LogP contribution in [0.15, 0.2) is 42.5 Å². The van der Waals surface area contributed by atoms with Crippen molar-refractivity contribution in [3.8, 4) is 11.1 Å². The molecule has 0 saturated carbocycles. The maximum Gasteiger partial charge on any atom is 0.231 e. The number of halogens is 2. The van der Waals surface area contributed by atoms with Crippen molar-refractivity contribution in [3.05, 3.63) is 59.7 Å². The van der Waals surface area contributed by atoms with Gasteiger partial charge in [-0.25, -0.2) is 8.78 Å². The predicted molar refractivity (Wildman–Crippen MR) is 72.7 cm³/mol. The molecule has 5 heteroatoms. The maximum absolute atomic E-state index is 13.1. The Balaban J connectivity index is 2.09. The van der Waals surface area contributed by atoms with Gasteiger partial charge < -0.3 is 11.1 Å². The minimum absolute atomic E-state index is 0.108. The predicted octanol–water partition coefficient (Wildman–Crippen LogP) is 2.21. The number of hydrogen-bond acceptors (Lipinski definition) is 2. The molecule has 0 bridgehead atoms. The molecule has 0 heterocycles. The molecule has 0 atom stereocenters. The fourth-order valence-electron chi connectivity index (χ4n) is 1.87. The van der Waals surface area contributed by atoms with Crippen LogP contribution in [-0.2, 0) is 11.3 Å². The number of carbonyl (C=O) groups is 1. The Kier molecular flexibility index (Phi) is 4.42. The van der Waals surface area contributed by atoms with Gasteiger partial charge in [0.2, 0.25) is 5.91 Å². The summed E-state index contributed by atoms with van der Waals surface area (Å²) in [5, 5.41) is 2.88. The van der Waals surface area contributed by atoms with Crippen molar-refractivity contribution >= 4 is 5.91 Å². The lowest BCUT2D eigenvalue weighted by Crippen LogP contribution is -2.28. The van der Waals surface area contributed by atoms with Crippen molar-refractivity contribution in [3.63, 3.8) is 0 Å². The first-order valence-electron chi connectivity index (χ1n) is 6.09. The van der Waals surface area contributed by atoms with Crippen LogP contribution in [0.5, 0.6) is 0 Å². The topological polar surface area (TPSA) is 55.1 Å². The molecule has 20 heavy (non-hydrogen) atoms. The lowest BCUT2D eigenvalue weighted by molar-refractivity contribution is -0.117. The third kappa shape index (κ3) is 3.86. The van der Waals surface area contributed by atoms with Gasteiger partial charge in [0.15, 0.2) is 0 Å². The van der Waals surface area contributed by atoms with E-state index in [0.717, 1.165) is 17.2 Å². The smallest absolute Gasteiger partial charge is 0.231 e. The molecule has 0 saturated heterocycles. The minimum Gasteiger partial charge on any atom is -0.369 e. The Bertz CT molecular complexity index is 592. The van der Waals surface area contributed by atoms with E-state index in [0.29, 0.717) is 12.1 Å². The zero-order chi connectivity index (χ0) is 14.5. The van der Waals surface area contributed by atoms with Gasteiger partial charge in [-0.05, 0) is 28.8 Å². The molecule has 2 rings (SSSR count). The van der Waals surface area contributed by atoms with Crippen LogP contribution in [0.2, 0.25) is 0 Å². The van der Waals surface area contributed by atoms with Crippen LogP contribution >= 0.6 is 0 Å². The second-order valence-corrected chi connectivity index (χ2v) is 4.42. The molecular formula is C15H14F2N2O. The molecule has 0 aromatic heterocycles. The van der Waals surface area contributed by atoms with Crippen molar-refractivity contribution in [2.24, 2.45) is 5.73 Å². The number of rotatable bonds is 5. The third-order valence-electron chi connectivity index (χ3n) is 2.78. The van der Waals surface area contributed by atoms with Crippen molar-refractivity contribution in [1.82, 2.24) is 5.32 Å². The van der Waals surface area contributed by atoms with Gasteiger partial charge in [0.1, 0.15) is 11.6 Å². The molecule has 0 aliphatic carbocycles. The van der Waals surface area contributed by atoms with Crippen LogP contribution in [0.3, 0.4) is 0 Å². The number of amides is 1. The Labute approximate surface area is 115 Å². The molecular weight excluding hydrogens is 262 g/mol. The van der Waals surface area contributed by atoms with Crippen LogP contribution in [0.4, 0.5) is 8.78 Å². The van der Waals surface area contributed by atoms with E-state index in [1.807, 2.05) is 12.1 Å². The van der Waals surface area contributed by atoms with Gasteiger partial charge in [-0.2, -0.15) is 0 Å². The van der Waals surface area contributed by atoms with Gasteiger partial charge in [-0.3, -0.25) is 4.79 Å². The highest BCUT2D eigenvalue weighted by Gasteiger charge is 2.03. The highest BCUT2D eigenvalue weighted by Crippen LogP contribution is 2.22. The molecule has 2 aromatic rings. The summed E-state index contributed by atoms with van der Waals surface area (Å²) in [5.41, 5.74) is 7.17. The van der Waals surface area contributed by atoms with E-state index < -0.39 is 17.5 Å². The molecule has 3 N–H and O–H groups in total. The van der Waals surface area contributed by atoms with Crippen molar-refractivity contribution in [1.29, 1.82) is 0 Å². The first kappa shape index (κ1) is 14.1. The van der Waals surface area contributed by atoms with Gasteiger partial charge in [-0.1, -0.05) is 24.3 Å². The molecule has 2 aromatic carbocycles. The number of carbonyl (C=O) groups excluding carboxylic acids is 1. The zero-order valence-corrected chi connectivity index (χ0v) is 10.7. The molecule has 0 radical (unpaired) electrons. The summed E-state index contributed by atoms with van der Waals surface area (Å²) in [6, 6.07) is 10.6. The quantitative estimate of drug-likeness (QED) is 0.879. The monoisotopic (exact) mass is 276 g/mol. The summed E-state index contributed by atoms with van der Waals surface area (Å²) in [5.74, 6) is -1.63. The van der Waals surface area contributed by atoms with Crippen LogP contribution in [0.1, 0.15) is 5.56 Å². The normalized spacial score (nSPS) is 10.5. The standard InChI is InChI=1S/C15H14F2N2O/c16-13-5-12(6-14(17)7-13)11-3-1-10(2-4-11)8-19-9-15(18)20/h1-7,19H,8-9H2,(H2,18,20). The minimum atomic E-state index is -0.604. The second kappa shape index (κ2) is 6.25. The highest BCUT2D eigenvalue weighted by atomic mass is 19.1. The summed E-state index contributed by atoms with van der Waals surface area (Å²) in [4.78, 5) is 10.6. The van der Waals surface area contributed by atoms with Crippen molar-refractivity contribution < 1.29 is 13.6 Å². The van der Waals surface area contributed by atoms with Gasteiger partial charge in [0, 0.05) is 12.6 Å². The van der Waals surface area contributed by atoms with E-state index in [2.05, 4.69) is 5.32 Å². The molecule has 0 aliphatic rings. The average Bonchev–Trinajstić information content (AvgIpc) is 2.38. The highest BCUT2D eigenvalue weighted by molar-refractivity contribution is 5.75. The lowest BCUT2D eigenvalue weighted by Gasteiger charge is -2.06. The van der Waals surface area contributed by atoms with E-state index in [4.69, 9.17) is 5.73 Å². The Morgan fingerprint density at radius 2 is 1.60 bits per heavy atom. The molecule has 104 valence electrons. The Hall–Kier alpha value is -2.27. The molecule has 0 spiro atoms. The number of primary amides is 1. The summed E-state index contributed by atoms with van der Waals surface area (Å²) < 4.78 is 26.3. The molecule has 1 amide bonds. The number of nitrogens with two attached hydrogens (primary N) is 1.